The molecule has 2 nitrogen and oxygen atoms in total. The largest absolute Gasteiger partial charge is 0.350 e. The lowest BCUT2D eigenvalue weighted by molar-refractivity contribution is 0.0938. The fourth-order valence-electron chi connectivity index (χ4n) is 1.41. The first kappa shape index (κ1) is 11.7. The van der Waals surface area contributed by atoms with Gasteiger partial charge in [-0.2, -0.15) is 0 Å². The molecule has 0 aliphatic rings. The standard InChI is InChI=1S/C12H16FNO/c1-3-4-9(2)14-12(15)10-5-7-11(13)8-6-10/h5-9H,3-4H2,1-2H3,(H,14,15)/t9-/m0/s1. The molecule has 0 saturated carbocycles. The van der Waals surface area contributed by atoms with E-state index in [-0.39, 0.29) is 17.8 Å². The number of nitrogens with one attached hydrogen (secondary N) is 1. The second kappa shape index (κ2) is 5.49. The van der Waals surface area contributed by atoms with E-state index in [1.807, 2.05) is 6.92 Å². The van der Waals surface area contributed by atoms with Crippen molar-refractivity contribution in [3.05, 3.63) is 35.6 Å². The quantitative estimate of drug-likeness (QED) is 0.811. The molecule has 0 fully saturated rings. The first-order valence-corrected chi connectivity index (χ1v) is 5.20. The highest BCUT2D eigenvalue weighted by Crippen LogP contribution is 2.04. The number of amides is 1. The first-order chi connectivity index (χ1) is 7.13. The molecule has 0 aliphatic heterocycles. The predicted molar refractivity (Wildman–Crippen MR) is 58.2 cm³/mol. The summed E-state index contributed by atoms with van der Waals surface area (Å²) in [5.41, 5.74) is 0.499. The molecule has 0 unspecified atom stereocenters. The second-order valence-electron chi connectivity index (χ2n) is 3.67. The molecule has 1 amide bonds. The molecular weight excluding hydrogens is 193 g/mol. The van der Waals surface area contributed by atoms with Crippen molar-refractivity contribution in [1.29, 1.82) is 0 Å². The number of rotatable bonds is 4. The molecule has 1 atom stereocenters. The average Bonchev–Trinajstić information content (AvgIpc) is 2.18. The molecule has 1 N–H and O–H groups in total. The molecule has 3 heteroatoms. The van der Waals surface area contributed by atoms with Gasteiger partial charge in [-0.05, 0) is 37.6 Å². The maximum atomic E-state index is 12.6. The van der Waals surface area contributed by atoms with Crippen molar-refractivity contribution in [2.45, 2.75) is 32.7 Å². The van der Waals surface area contributed by atoms with Crippen LogP contribution in [0.5, 0.6) is 0 Å². The topological polar surface area (TPSA) is 29.1 Å². The van der Waals surface area contributed by atoms with Gasteiger partial charge in [-0.1, -0.05) is 13.3 Å². The molecule has 0 bridgehead atoms. The summed E-state index contributed by atoms with van der Waals surface area (Å²) in [5.74, 6) is -0.468. The van der Waals surface area contributed by atoms with E-state index < -0.39 is 0 Å². The minimum absolute atomic E-state index is 0.143. The number of hydrogen-bond donors (Lipinski definition) is 1. The van der Waals surface area contributed by atoms with Gasteiger partial charge in [0.05, 0.1) is 0 Å². The van der Waals surface area contributed by atoms with Crippen LogP contribution >= 0.6 is 0 Å². The third-order valence-electron chi connectivity index (χ3n) is 2.21. The number of carbonyl (C=O) groups is 1. The van der Waals surface area contributed by atoms with Crippen LogP contribution in [-0.2, 0) is 0 Å². The van der Waals surface area contributed by atoms with E-state index in [0.717, 1.165) is 12.8 Å². The summed E-state index contributed by atoms with van der Waals surface area (Å²) in [7, 11) is 0. The van der Waals surface area contributed by atoms with E-state index in [1.165, 1.54) is 24.3 Å². The smallest absolute Gasteiger partial charge is 0.251 e. The number of benzene rings is 1. The van der Waals surface area contributed by atoms with Gasteiger partial charge in [0.2, 0.25) is 0 Å². The average molecular weight is 209 g/mol. The highest BCUT2D eigenvalue weighted by molar-refractivity contribution is 5.94. The Morgan fingerprint density at radius 3 is 2.53 bits per heavy atom. The third-order valence-corrected chi connectivity index (χ3v) is 2.21. The molecule has 0 aliphatic carbocycles. The highest BCUT2D eigenvalue weighted by atomic mass is 19.1. The molecule has 0 heterocycles. The van der Waals surface area contributed by atoms with Crippen molar-refractivity contribution >= 4 is 5.91 Å². The lowest BCUT2D eigenvalue weighted by Crippen LogP contribution is -2.32. The van der Waals surface area contributed by atoms with Crippen LogP contribution in [0.1, 0.15) is 37.0 Å². The predicted octanol–water partition coefficient (Wildman–Crippen LogP) is 2.74. The van der Waals surface area contributed by atoms with Crippen LogP contribution in [0, 0.1) is 5.82 Å². The Hall–Kier alpha value is -1.38. The zero-order valence-corrected chi connectivity index (χ0v) is 9.09. The minimum atomic E-state index is -0.326. The Labute approximate surface area is 89.5 Å². The molecule has 0 saturated heterocycles. The van der Waals surface area contributed by atoms with Crippen LogP contribution < -0.4 is 5.32 Å². The van der Waals surface area contributed by atoms with Gasteiger partial charge >= 0.3 is 0 Å². The van der Waals surface area contributed by atoms with E-state index in [1.54, 1.807) is 0 Å². The summed E-state index contributed by atoms with van der Waals surface area (Å²) in [6.07, 6.45) is 1.98. The summed E-state index contributed by atoms with van der Waals surface area (Å²) < 4.78 is 12.6. The monoisotopic (exact) mass is 209 g/mol. The first-order valence-electron chi connectivity index (χ1n) is 5.20. The van der Waals surface area contributed by atoms with Crippen LogP contribution in [0.15, 0.2) is 24.3 Å². The van der Waals surface area contributed by atoms with Crippen molar-refractivity contribution in [3.8, 4) is 0 Å². The molecule has 1 rings (SSSR count). The van der Waals surface area contributed by atoms with E-state index in [2.05, 4.69) is 12.2 Å². The molecule has 0 radical (unpaired) electrons. The Morgan fingerprint density at radius 2 is 2.00 bits per heavy atom. The molecular formula is C12H16FNO. The maximum Gasteiger partial charge on any atom is 0.251 e. The molecule has 82 valence electrons. The van der Waals surface area contributed by atoms with Gasteiger partial charge in [-0.15, -0.1) is 0 Å². The van der Waals surface area contributed by atoms with Gasteiger partial charge in [0.15, 0.2) is 0 Å². The van der Waals surface area contributed by atoms with Crippen LogP contribution in [0.4, 0.5) is 4.39 Å². The van der Waals surface area contributed by atoms with Crippen LogP contribution in [0.3, 0.4) is 0 Å². The Bertz CT molecular complexity index is 321. The summed E-state index contributed by atoms with van der Waals surface area (Å²) >= 11 is 0. The summed E-state index contributed by atoms with van der Waals surface area (Å²) in [6.45, 7) is 4.03. The normalized spacial score (nSPS) is 12.2. The second-order valence-corrected chi connectivity index (χ2v) is 3.67. The van der Waals surface area contributed by atoms with E-state index in [9.17, 15) is 9.18 Å². The lowest BCUT2D eigenvalue weighted by atomic mass is 10.1. The van der Waals surface area contributed by atoms with Crippen LogP contribution in [-0.4, -0.2) is 11.9 Å². The van der Waals surface area contributed by atoms with Crippen molar-refractivity contribution in [1.82, 2.24) is 5.32 Å². The molecule has 0 aromatic heterocycles. The Kier molecular flexibility index (Phi) is 4.28. The summed E-state index contributed by atoms with van der Waals surface area (Å²) in [4.78, 5) is 11.6. The SMILES string of the molecule is CCC[C@H](C)NC(=O)c1ccc(F)cc1. The molecule has 1 aromatic rings. The maximum absolute atomic E-state index is 12.6. The van der Waals surface area contributed by atoms with Gasteiger partial charge in [-0.25, -0.2) is 4.39 Å². The number of carbonyl (C=O) groups excluding carboxylic acids is 1. The zero-order valence-electron chi connectivity index (χ0n) is 9.09. The summed E-state index contributed by atoms with van der Waals surface area (Å²) in [5, 5.41) is 2.86. The van der Waals surface area contributed by atoms with Gasteiger partial charge in [0.1, 0.15) is 5.82 Å². The van der Waals surface area contributed by atoms with Gasteiger partial charge in [0.25, 0.3) is 5.91 Å². The fraction of sp³-hybridized carbons (Fsp3) is 0.417. The van der Waals surface area contributed by atoms with Crippen molar-refractivity contribution < 1.29 is 9.18 Å². The zero-order chi connectivity index (χ0) is 11.3. The lowest BCUT2D eigenvalue weighted by Gasteiger charge is -2.12. The van der Waals surface area contributed by atoms with E-state index >= 15 is 0 Å². The fourth-order valence-corrected chi connectivity index (χ4v) is 1.41. The number of hydrogen-bond acceptors (Lipinski definition) is 1. The van der Waals surface area contributed by atoms with Crippen molar-refractivity contribution in [3.63, 3.8) is 0 Å². The summed E-state index contributed by atoms with van der Waals surface area (Å²) in [6, 6.07) is 5.72. The Balaban J connectivity index is 2.57. The Morgan fingerprint density at radius 1 is 1.40 bits per heavy atom. The van der Waals surface area contributed by atoms with Crippen LogP contribution in [0.25, 0.3) is 0 Å². The van der Waals surface area contributed by atoms with Gasteiger partial charge in [-0.3, -0.25) is 4.79 Å². The number of halogens is 1. The molecule has 0 spiro atoms. The molecule has 1 aromatic carbocycles. The minimum Gasteiger partial charge on any atom is -0.350 e. The van der Waals surface area contributed by atoms with Gasteiger partial charge in [0, 0.05) is 11.6 Å². The molecule has 15 heavy (non-hydrogen) atoms. The van der Waals surface area contributed by atoms with Crippen LogP contribution in [0.2, 0.25) is 0 Å². The van der Waals surface area contributed by atoms with E-state index in [0.29, 0.717) is 5.56 Å². The van der Waals surface area contributed by atoms with Crippen molar-refractivity contribution in [2.75, 3.05) is 0 Å². The highest BCUT2D eigenvalue weighted by Gasteiger charge is 2.08. The van der Waals surface area contributed by atoms with Crippen molar-refractivity contribution in [2.24, 2.45) is 0 Å². The third kappa shape index (κ3) is 3.70. The van der Waals surface area contributed by atoms with Gasteiger partial charge < -0.3 is 5.32 Å². The van der Waals surface area contributed by atoms with E-state index in [4.69, 9.17) is 0 Å².